The van der Waals surface area contributed by atoms with E-state index in [1.54, 1.807) is 6.08 Å². The molecule has 0 fully saturated rings. The lowest BCUT2D eigenvalue weighted by Gasteiger charge is -2.05. The first-order valence-electron chi connectivity index (χ1n) is 5.45. The molecule has 0 saturated carbocycles. The summed E-state index contributed by atoms with van der Waals surface area (Å²) in [6, 6.07) is 4.31. The van der Waals surface area contributed by atoms with Crippen molar-refractivity contribution in [2.75, 3.05) is 6.54 Å². The number of halogens is 2. The van der Waals surface area contributed by atoms with Gasteiger partial charge in [0.1, 0.15) is 11.6 Å². The molecule has 0 atom stereocenters. The lowest BCUT2D eigenvalue weighted by Crippen LogP contribution is -2.23. The van der Waals surface area contributed by atoms with E-state index in [0.717, 1.165) is 13.0 Å². The van der Waals surface area contributed by atoms with E-state index in [4.69, 9.17) is 0 Å². The summed E-state index contributed by atoms with van der Waals surface area (Å²) in [5.41, 5.74) is 0.0343. The summed E-state index contributed by atoms with van der Waals surface area (Å²) in [5, 5.41) is 3.22. The fourth-order valence-corrected chi connectivity index (χ4v) is 1.33. The summed E-state index contributed by atoms with van der Waals surface area (Å²) in [5.74, 6) is -1.04. The Morgan fingerprint density at radius 1 is 1.25 bits per heavy atom. The molecule has 0 amide bonds. The Balaban J connectivity index is 2.50. The molecule has 0 aliphatic carbocycles. The van der Waals surface area contributed by atoms with E-state index < -0.39 is 11.6 Å². The minimum atomic E-state index is -0.520. The average Bonchev–Trinajstić information content (AvgIpc) is 2.21. The third-order valence-electron chi connectivity index (χ3n) is 2.15. The fourth-order valence-electron chi connectivity index (χ4n) is 1.33. The van der Waals surface area contributed by atoms with Gasteiger partial charge >= 0.3 is 0 Å². The van der Waals surface area contributed by atoms with Crippen LogP contribution in [0.25, 0.3) is 6.08 Å². The van der Waals surface area contributed by atoms with Gasteiger partial charge in [0, 0.05) is 11.6 Å². The Labute approximate surface area is 95.2 Å². The largest absolute Gasteiger partial charge is 0.314 e. The van der Waals surface area contributed by atoms with Gasteiger partial charge in [0.05, 0.1) is 0 Å². The molecule has 0 aromatic heterocycles. The molecule has 1 aromatic rings. The zero-order chi connectivity index (χ0) is 12.0. The van der Waals surface area contributed by atoms with Crippen LogP contribution in [-0.4, -0.2) is 12.6 Å². The third kappa shape index (κ3) is 4.11. The quantitative estimate of drug-likeness (QED) is 0.758. The first kappa shape index (κ1) is 12.8. The lowest BCUT2D eigenvalue weighted by molar-refractivity contribution is 0.578. The van der Waals surface area contributed by atoms with Gasteiger partial charge in [-0.25, -0.2) is 8.78 Å². The van der Waals surface area contributed by atoms with Crippen molar-refractivity contribution in [3.8, 4) is 0 Å². The van der Waals surface area contributed by atoms with E-state index >= 15 is 0 Å². The Morgan fingerprint density at radius 3 is 2.44 bits per heavy atom. The van der Waals surface area contributed by atoms with Crippen molar-refractivity contribution in [3.05, 3.63) is 41.5 Å². The SMILES string of the molecule is CC(C)NCCC=Cc1c(F)cccc1F. The average molecular weight is 225 g/mol. The van der Waals surface area contributed by atoms with Crippen molar-refractivity contribution in [2.45, 2.75) is 26.3 Å². The van der Waals surface area contributed by atoms with Crippen LogP contribution in [0, 0.1) is 11.6 Å². The number of hydrogen-bond acceptors (Lipinski definition) is 1. The summed E-state index contributed by atoms with van der Waals surface area (Å²) in [4.78, 5) is 0. The molecular formula is C13H17F2N. The van der Waals surface area contributed by atoms with Crippen molar-refractivity contribution < 1.29 is 8.78 Å². The second kappa shape index (κ2) is 6.38. The first-order valence-corrected chi connectivity index (χ1v) is 5.45. The van der Waals surface area contributed by atoms with Crippen LogP contribution in [0.4, 0.5) is 8.78 Å². The number of hydrogen-bond donors (Lipinski definition) is 1. The van der Waals surface area contributed by atoms with Gasteiger partial charge in [-0.3, -0.25) is 0 Å². The minimum Gasteiger partial charge on any atom is -0.314 e. The Kier molecular flexibility index (Phi) is 5.12. The zero-order valence-corrected chi connectivity index (χ0v) is 9.63. The van der Waals surface area contributed by atoms with Crippen LogP contribution >= 0.6 is 0 Å². The molecule has 16 heavy (non-hydrogen) atoms. The van der Waals surface area contributed by atoms with Gasteiger partial charge in [-0.05, 0) is 25.1 Å². The Morgan fingerprint density at radius 2 is 1.88 bits per heavy atom. The Bertz CT molecular complexity index is 339. The maximum atomic E-state index is 13.2. The van der Waals surface area contributed by atoms with Gasteiger partial charge in [-0.2, -0.15) is 0 Å². The van der Waals surface area contributed by atoms with Crippen molar-refractivity contribution in [2.24, 2.45) is 0 Å². The van der Waals surface area contributed by atoms with Crippen LogP contribution < -0.4 is 5.32 Å². The highest BCUT2D eigenvalue weighted by Crippen LogP contribution is 2.13. The van der Waals surface area contributed by atoms with Gasteiger partial charge in [-0.1, -0.05) is 32.1 Å². The molecule has 1 rings (SSSR count). The molecular weight excluding hydrogens is 208 g/mol. The predicted molar refractivity (Wildman–Crippen MR) is 63.1 cm³/mol. The topological polar surface area (TPSA) is 12.0 Å². The molecule has 0 saturated heterocycles. The van der Waals surface area contributed by atoms with Crippen molar-refractivity contribution in [1.82, 2.24) is 5.32 Å². The molecule has 1 N–H and O–H groups in total. The lowest BCUT2D eigenvalue weighted by atomic mass is 10.1. The van der Waals surface area contributed by atoms with E-state index in [0.29, 0.717) is 6.04 Å². The smallest absolute Gasteiger partial charge is 0.133 e. The van der Waals surface area contributed by atoms with Crippen molar-refractivity contribution in [1.29, 1.82) is 0 Å². The van der Waals surface area contributed by atoms with Crippen LogP contribution in [0.1, 0.15) is 25.8 Å². The van der Waals surface area contributed by atoms with Gasteiger partial charge in [0.25, 0.3) is 0 Å². The highest BCUT2D eigenvalue weighted by atomic mass is 19.1. The van der Waals surface area contributed by atoms with E-state index in [2.05, 4.69) is 19.2 Å². The monoisotopic (exact) mass is 225 g/mol. The second-order valence-corrected chi connectivity index (χ2v) is 3.94. The normalized spacial score (nSPS) is 11.6. The summed E-state index contributed by atoms with van der Waals surface area (Å²) in [6.07, 6.45) is 4.02. The maximum Gasteiger partial charge on any atom is 0.133 e. The van der Waals surface area contributed by atoms with Crippen LogP contribution in [0.15, 0.2) is 24.3 Å². The molecule has 88 valence electrons. The summed E-state index contributed by atoms with van der Waals surface area (Å²) in [6.45, 7) is 4.92. The molecule has 0 radical (unpaired) electrons. The predicted octanol–water partition coefficient (Wildman–Crippen LogP) is 3.37. The highest BCUT2D eigenvalue weighted by molar-refractivity contribution is 5.50. The summed E-state index contributed by atoms with van der Waals surface area (Å²) in [7, 11) is 0. The molecule has 0 heterocycles. The fraction of sp³-hybridized carbons (Fsp3) is 0.385. The molecule has 1 nitrogen and oxygen atoms in total. The van der Waals surface area contributed by atoms with E-state index in [-0.39, 0.29) is 5.56 Å². The van der Waals surface area contributed by atoms with Crippen LogP contribution in [-0.2, 0) is 0 Å². The standard InChI is InChI=1S/C13H17F2N/c1-10(2)16-9-4-3-6-11-12(14)7-5-8-13(11)15/h3,5-8,10,16H,4,9H2,1-2H3. The van der Waals surface area contributed by atoms with Gasteiger partial charge in [0.15, 0.2) is 0 Å². The van der Waals surface area contributed by atoms with Crippen molar-refractivity contribution in [3.63, 3.8) is 0 Å². The highest BCUT2D eigenvalue weighted by Gasteiger charge is 2.03. The first-order chi connectivity index (χ1) is 7.61. The number of benzene rings is 1. The zero-order valence-electron chi connectivity index (χ0n) is 9.63. The van der Waals surface area contributed by atoms with E-state index in [1.165, 1.54) is 24.3 Å². The number of nitrogens with one attached hydrogen (secondary N) is 1. The molecule has 3 heteroatoms. The molecule has 0 aliphatic rings. The van der Waals surface area contributed by atoms with Crippen molar-refractivity contribution >= 4 is 6.08 Å². The molecule has 0 unspecified atom stereocenters. The second-order valence-electron chi connectivity index (χ2n) is 3.94. The van der Waals surface area contributed by atoms with Crippen LogP contribution in [0.2, 0.25) is 0 Å². The summed E-state index contributed by atoms with van der Waals surface area (Å²) >= 11 is 0. The van der Waals surface area contributed by atoms with Crippen LogP contribution in [0.3, 0.4) is 0 Å². The third-order valence-corrected chi connectivity index (χ3v) is 2.15. The Hall–Kier alpha value is -1.22. The van der Waals surface area contributed by atoms with E-state index in [9.17, 15) is 8.78 Å². The minimum absolute atomic E-state index is 0.0343. The van der Waals surface area contributed by atoms with Crippen LogP contribution in [0.5, 0.6) is 0 Å². The van der Waals surface area contributed by atoms with Gasteiger partial charge in [0.2, 0.25) is 0 Å². The maximum absolute atomic E-state index is 13.2. The molecule has 0 spiro atoms. The summed E-state index contributed by atoms with van der Waals surface area (Å²) < 4.78 is 26.4. The molecule has 0 aliphatic heterocycles. The van der Waals surface area contributed by atoms with Gasteiger partial charge in [-0.15, -0.1) is 0 Å². The molecule has 1 aromatic carbocycles. The van der Waals surface area contributed by atoms with Gasteiger partial charge < -0.3 is 5.32 Å². The molecule has 0 bridgehead atoms. The van der Waals surface area contributed by atoms with E-state index in [1.807, 2.05) is 0 Å². The number of rotatable bonds is 5.